The third kappa shape index (κ3) is 4.36. The van der Waals surface area contributed by atoms with Crippen molar-refractivity contribution in [3.63, 3.8) is 0 Å². The molecule has 2 aromatic carbocycles. The molecule has 154 valence electrons. The van der Waals surface area contributed by atoms with Crippen LogP contribution in [0.15, 0.2) is 62.5 Å². The number of fused-ring (bicyclic) bond motifs is 1. The van der Waals surface area contributed by atoms with Gasteiger partial charge in [0.25, 0.3) is 10.0 Å². The van der Waals surface area contributed by atoms with Gasteiger partial charge in [-0.15, -0.1) is 0 Å². The first-order valence-electron chi connectivity index (χ1n) is 8.72. The van der Waals surface area contributed by atoms with E-state index in [0.717, 1.165) is 15.2 Å². The standard InChI is InChI=1S/C20H20Br2N2O4S/c1-20(2,3)18(19(25)26)24(15-4-5-17-12(8-15)6-7-23-17)29(27,28)16-10-13(21)9-14(22)11-16/h4-11,18,23H,1-3H3,(H,25,26). The van der Waals surface area contributed by atoms with Gasteiger partial charge in [-0.05, 0) is 47.9 Å². The van der Waals surface area contributed by atoms with Gasteiger partial charge in [0.1, 0.15) is 6.04 Å². The van der Waals surface area contributed by atoms with Gasteiger partial charge < -0.3 is 10.1 Å². The van der Waals surface area contributed by atoms with E-state index in [2.05, 4.69) is 36.8 Å². The number of sulfonamides is 1. The molecule has 0 radical (unpaired) electrons. The summed E-state index contributed by atoms with van der Waals surface area (Å²) in [7, 11) is -4.20. The first-order valence-corrected chi connectivity index (χ1v) is 11.7. The molecule has 1 unspecified atom stereocenters. The van der Waals surface area contributed by atoms with E-state index in [-0.39, 0.29) is 10.6 Å². The summed E-state index contributed by atoms with van der Waals surface area (Å²) < 4.78 is 29.6. The zero-order valence-corrected chi connectivity index (χ0v) is 20.0. The van der Waals surface area contributed by atoms with Crippen molar-refractivity contribution in [2.45, 2.75) is 31.7 Å². The number of nitrogens with one attached hydrogen (secondary N) is 1. The fraction of sp³-hybridized carbons (Fsp3) is 0.250. The van der Waals surface area contributed by atoms with Gasteiger partial charge in [0.15, 0.2) is 0 Å². The average molecular weight is 544 g/mol. The molecule has 0 fully saturated rings. The van der Waals surface area contributed by atoms with Crippen LogP contribution in [-0.4, -0.2) is 30.5 Å². The number of rotatable bonds is 5. The summed E-state index contributed by atoms with van der Waals surface area (Å²) in [6.07, 6.45) is 1.75. The Morgan fingerprint density at radius 2 is 1.69 bits per heavy atom. The highest BCUT2D eigenvalue weighted by Gasteiger charge is 2.43. The molecule has 0 saturated heterocycles. The minimum atomic E-state index is -4.20. The van der Waals surface area contributed by atoms with Gasteiger partial charge in [-0.2, -0.15) is 0 Å². The van der Waals surface area contributed by atoms with Crippen LogP contribution in [0.25, 0.3) is 10.9 Å². The third-order valence-electron chi connectivity index (χ3n) is 4.47. The minimum Gasteiger partial charge on any atom is -0.480 e. The molecule has 0 spiro atoms. The van der Waals surface area contributed by atoms with E-state index in [1.54, 1.807) is 51.2 Å². The van der Waals surface area contributed by atoms with Gasteiger partial charge >= 0.3 is 5.97 Å². The lowest BCUT2D eigenvalue weighted by atomic mass is 9.86. The summed E-state index contributed by atoms with van der Waals surface area (Å²) in [6.45, 7) is 5.12. The topological polar surface area (TPSA) is 90.5 Å². The fourth-order valence-electron chi connectivity index (χ4n) is 3.22. The van der Waals surface area contributed by atoms with Crippen LogP contribution in [0.4, 0.5) is 5.69 Å². The molecule has 3 aromatic rings. The number of hydrogen-bond donors (Lipinski definition) is 2. The second kappa shape index (κ2) is 7.77. The van der Waals surface area contributed by atoms with Crippen molar-refractivity contribution in [1.82, 2.24) is 4.98 Å². The first-order chi connectivity index (χ1) is 13.4. The fourth-order valence-corrected chi connectivity index (χ4v) is 6.67. The van der Waals surface area contributed by atoms with E-state index >= 15 is 0 Å². The number of carboxylic acid groups (broad SMARTS) is 1. The molecule has 1 atom stereocenters. The van der Waals surface area contributed by atoms with Crippen LogP contribution in [-0.2, 0) is 14.8 Å². The highest BCUT2D eigenvalue weighted by molar-refractivity contribution is 9.11. The van der Waals surface area contributed by atoms with Crippen LogP contribution >= 0.6 is 31.9 Å². The molecule has 1 aromatic heterocycles. The highest BCUT2D eigenvalue weighted by atomic mass is 79.9. The summed E-state index contributed by atoms with van der Waals surface area (Å²) in [6, 6.07) is 10.2. The zero-order valence-electron chi connectivity index (χ0n) is 16.0. The molecule has 0 aliphatic rings. The van der Waals surface area contributed by atoms with Gasteiger partial charge in [0.2, 0.25) is 0 Å². The number of nitrogens with zero attached hydrogens (tertiary/aromatic N) is 1. The number of aliphatic carboxylic acids is 1. The number of anilines is 1. The quantitative estimate of drug-likeness (QED) is 0.451. The molecule has 6 nitrogen and oxygen atoms in total. The monoisotopic (exact) mass is 542 g/mol. The molecule has 0 aliphatic carbocycles. The molecule has 3 rings (SSSR count). The van der Waals surface area contributed by atoms with Crippen LogP contribution in [0, 0.1) is 5.41 Å². The first kappa shape index (κ1) is 21.9. The Hall–Kier alpha value is -1.84. The maximum atomic E-state index is 13.7. The number of halogens is 2. The van der Waals surface area contributed by atoms with E-state index in [4.69, 9.17) is 0 Å². The second-order valence-electron chi connectivity index (χ2n) is 7.76. The Balaban J connectivity index is 2.30. The van der Waals surface area contributed by atoms with E-state index in [1.807, 2.05) is 6.07 Å². The van der Waals surface area contributed by atoms with Crippen molar-refractivity contribution in [3.8, 4) is 0 Å². The number of carboxylic acids is 1. The predicted octanol–water partition coefficient (Wildman–Crippen LogP) is 5.39. The smallest absolute Gasteiger partial charge is 0.328 e. The summed E-state index contributed by atoms with van der Waals surface area (Å²) in [5.74, 6) is -1.22. The Bertz CT molecular complexity index is 1160. The van der Waals surface area contributed by atoms with Crippen molar-refractivity contribution in [2.24, 2.45) is 5.41 Å². The highest BCUT2D eigenvalue weighted by Crippen LogP contribution is 2.36. The summed E-state index contributed by atoms with van der Waals surface area (Å²) >= 11 is 6.62. The molecular weight excluding hydrogens is 524 g/mol. The van der Waals surface area contributed by atoms with Crippen LogP contribution < -0.4 is 4.31 Å². The normalized spacial score (nSPS) is 13.4. The number of aromatic nitrogens is 1. The molecule has 1 heterocycles. The van der Waals surface area contributed by atoms with Gasteiger partial charge in [-0.3, -0.25) is 4.31 Å². The maximum Gasteiger partial charge on any atom is 0.328 e. The van der Waals surface area contributed by atoms with Crippen molar-refractivity contribution in [2.75, 3.05) is 4.31 Å². The lowest BCUT2D eigenvalue weighted by Gasteiger charge is -2.37. The Morgan fingerprint density at radius 3 is 2.24 bits per heavy atom. The van der Waals surface area contributed by atoms with E-state index in [9.17, 15) is 18.3 Å². The summed E-state index contributed by atoms with van der Waals surface area (Å²) in [4.78, 5) is 15.3. The minimum absolute atomic E-state index is 0.0107. The van der Waals surface area contributed by atoms with Gasteiger partial charge in [0, 0.05) is 26.0 Å². The lowest BCUT2D eigenvalue weighted by Crippen LogP contribution is -2.52. The number of benzene rings is 2. The largest absolute Gasteiger partial charge is 0.480 e. The second-order valence-corrected chi connectivity index (χ2v) is 11.4. The molecule has 0 aliphatic heterocycles. The van der Waals surface area contributed by atoms with Gasteiger partial charge in [0.05, 0.1) is 10.6 Å². The molecule has 0 amide bonds. The molecular formula is C20H20Br2N2O4S. The number of hydrogen-bond acceptors (Lipinski definition) is 3. The van der Waals surface area contributed by atoms with E-state index in [0.29, 0.717) is 8.95 Å². The van der Waals surface area contributed by atoms with Crippen molar-refractivity contribution in [1.29, 1.82) is 0 Å². The van der Waals surface area contributed by atoms with Crippen LogP contribution in [0.5, 0.6) is 0 Å². The van der Waals surface area contributed by atoms with Crippen molar-refractivity contribution in [3.05, 3.63) is 57.6 Å². The number of H-pyrrole nitrogens is 1. The molecule has 0 bridgehead atoms. The average Bonchev–Trinajstić information content (AvgIpc) is 3.04. The Labute approximate surface area is 186 Å². The SMILES string of the molecule is CC(C)(C)C(C(=O)O)N(c1ccc2[nH]ccc2c1)S(=O)(=O)c1cc(Br)cc(Br)c1. The van der Waals surface area contributed by atoms with Crippen LogP contribution in [0.3, 0.4) is 0 Å². The van der Waals surface area contributed by atoms with Crippen LogP contribution in [0.1, 0.15) is 20.8 Å². The summed E-state index contributed by atoms with van der Waals surface area (Å²) in [5.41, 5.74) is 0.254. The summed E-state index contributed by atoms with van der Waals surface area (Å²) in [5, 5.41) is 10.8. The maximum absolute atomic E-state index is 13.7. The Morgan fingerprint density at radius 1 is 1.07 bits per heavy atom. The molecule has 29 heavy (non-hydrogen) atoms. The number of carbonyl (C=O) groups is 1. The van der Waals surface area contributed by atoms with Gasteiger partial charge in [-0.25, -0.2) is 13.2 Å². The molecule has 2 N–H and O–H groups in total. The number of aromatic amines is 1. The van der Waals surface area contributed by atoms with Crippen LogP contribution in [0.2, 0.25) is 0 Å². The zero-order chi connectivity index (χ0) is 21.6. The van der Waals surface area contributed by atoms with Crippen molar-refractivity contribution < 1.29 is 18.3 Å². The molecule has 9 heteroatoms. The van der Waals surface area contributed by atoms with Crippen molar-refractivity contribution >= 4 is 64.4 Å². The third-order valence-corrected chi connectivity index (χ3v) is 7.16. The molecule has 0 saturated carbocycles. The predicted molar refractivity (Wildman–Crippen MR) is 121 cm³/mol. The van der Waals surface area contributed by atoms with Gasteiger partial charge in [-0.1, -0.05) is 52.6 Å². The van der Waals surface area contributed by atoms with E-state index < -0.39 is 27.4 Å². The van der Waals surface area contributed by atoms with E-state index in [1.165, 1.54) is 12.1 Å². The Kier molecular flexibility index (Phi) is 5.86. The lowest BCUT2D eigenvalue weighted by molar-refractivity contribution is -0.140.